The molecule has 1 saturated heterocycles. The molecule has 2 aromatic rings. The second kappa shape index (κ2) is 7.03. The third kappa shape index (κ3) is 3.54. The Labute approximate surface area is 131 Å². The number of benzene rings is 2. The Morgan fingerprint density at radius 2 is 1.82 bits per heavy atom. The zero-order chi connectivity index (χ0) is 15.4. The summed E-state index contributed by atoms with van der Waals surface area (Å²) in [4.78, 5) is 0. The van der Waals surface area contributed by atoms with Crippen molar-refractivity contribution in [3.05, 3.63) is 71.5 Å². The maximum atomic E-state index is 13.1. The highest BCUT2D eigenvalue weighted by atomic mass is 19.1. The molecule has 0 amide bonds. The largest absolute Gasteiger partial charge is 0.379 e. The lowest BCUT2D eigenvalue weighted by molar-refractivity contribution is 0.187. The summed E-state index contributed by atoms with van der Waals surface area (Å²) in [5.74, 6) is 0.559. The monoisotopic (exact) mass is 299 g/mol. The van der Waals surface area contributed by atoms with Crippen LogP contribution in [0.1, 0.15) is 29.9 Å². The number of hydrogen-bond donors (Lipinski definition) is 1. The standard InChI is InChI=1S/C19H22FNO/c1-14(15-5-3-2-4-6-15)11-21-19-13-22-12-18(19)16-7-9-17(20)10-8-16/h2-10,14,18-19,21H,11-13H2,1H3/t14?,18-,19+/m0/s1. The number of hydrogen-bond acceptors (Lipinski definition) is 2. The molecule has 0 aliphatic carbocycles. The smallest absolute Gasteiger partial charge is 0.123 e. The van der Waals surface area contributed by atoms with Crippen LogP contribution in [0.15, 0.2) is 54.6 Å². The molecule has 22 heavy (non-hydrogen) atoms. The van der Waals surface area contributed by atoms with Crippen molar-refractivity contribution in [2.45, 2.75) is 24.8 Å². The van der Waals surface area contributed by atoms with Crippen molar-refractivity contribution in [1.29, 1.82) is 0 Å². The van der Waals surface area contributed by atoms with Crippen LogP contribution >= 0.6 is 0 Å². The molecule has 3 heteroatoms. The van der Waals surface area contributed by atoms with E-state index >= 15 is 0 Å². The first-order chi connectivity index (χ1) is 10.7. The molecule has 0 radical (unpaired) electrons. The highest BCUT2D eigenvalue weighted by Crippen LogP contribution is 2.26. The van der Waals surface area contributed by atoms with E-state index in [-0.39, 0.29) is 11.9 Å². The van der Waals surface area contributed by atoms with Gasteiger partial charge in [0.25, 0.3) is 0 Å². The summed E-state index contributed by atoms with van der Waals surface area (Å²) < 4.78 is 18.7. The predicted octanol–water partition coefficient (Wildman–Crippen LogP) is 3.70. The third-order valence-corrected chi connectivity index (χ3v) is 4.43. The fourth-order valence-electron chi connectivity index (χ4n) is 3.02. The molecule has 1 aliphatic heterocycles. The van der Waals surface area contributed by atoms with Gasteiger partial charge in [0.1, 0.15) is 5.82 Å². The van der Waals surface area contributed by atoms with Gasteiger partial charge in [-0.05, 0) is 29.2 Å². The molecular formula is C19H22FNO. The maximum absolute atomic E-state index is 13.1. The van der Waals surface area contributed by atoms with E-state index in [9.17, 15) is 4.39 Å². The number of rotatable bonds is 5. The second-order valence-electron chi connectivity index (χ2n) is 6.02. The van der Waals surface area contributed by atoms with Crippen molar-refractivity contribution in [1.82, 2.24) is 5.32 Å². The molecule has 0 bridgehead atoms. The van der Waals surface area contributed by atoms with Crippen LogP contribution < -0.4 is 5.32 Å². The lowest BCUT2D eigenvalue weighted by Gasteiger charge is -2.22. The Bertz CT molecular complexity index is 584. The number of halogens is 1. The second-order valence-corrected chi connectivity index (χ2v) is 6.02. The SMILES string of the molecule is CC(CN[C@@H]1COC[C@H]1c1ccc(F)cc1)c1ccccc1. The van der Waals surface area contributed by atoms with Crippen LogP contribution in [0.25, 0.3) is 0 Å². The molecule has 1 heterocycles. The highest BCUT2D eigenvalue weighted by molar-refractivity contribution is 5.24. The Kier molecular flexibility index (Phi) is 4.86. The van der Waals surface area contributed by atoms with Crippen LogP contribution in [0.4, 0.5) is 4.39 Å². The van der Waals surface area contributed by atoms with Crippen LogP contribution in [0.3, 0.4) is 0 Å². The average Bonchev–Trinajstić information content (AvgIpc) is 3.02. The van der Waals surface area contributed by atoms with Crippen molar-refractivity contribution >= 4 is 0 Å². The zero-order valence-corrected chi connectivity index (χ0v) is 12.8. The van der Waals surface area contributed by atoms with Crippen molar-refractivity contribution in [3.8, 4) is 0 Å². The quantitative estimate of drug-likeness (QED) is 0.909. The fraction of sp³-hybridized carbons (Fsp3) is 0.368. The van der Waals surface area contributed by atoms with Crippen molar-refractivity contribution < 1.29 is 9.13 Å². The summed E-state index contributed by atoms with van der Waals surface area (Å²) in [5, 5.41) is 3.62. The van der Waals surface area contributed by atoms with E-state index in [1.54, 1.807) is 0 Å². The van der Waals surface area contributed by atoms with Gasteiger partial charge in [0, 0.05) is 18.5 Å². The van der Waals surface area contributed by atoms with E-state index in [1.165, 1.54) is 17.7 Å². The summed E-state index contributed by atoms with van der Waals surface area (Å²) in [6.07, 6.45) is 0. The minimum atomic E-state index is -0.190. The number of nitrogens with one attached hydrogen (secondary N) is 1. The lowest BCUT2D eigenvalue weighted by atomic mass is 9.93. The van der Waals surface area contributed by atoms with E-state index in [4.69, 9.17) is 4.74 Å². The molecule has 3 atom stereocenters. The molecule has 2 aromatic carbocycles. The van der Waals surface area contributed by atoms with Gasteiger partial charge < -0.3 is 10.1 Å². The van der Waals surface area contributed by atoms with E-state index in [0.717, 1.165) is 12.1 Å². The van der Waals surface area contributed by atoms with Crippen LogP contribution in [-0.2, 0) is 4.74 Å². The minimum absolute atomic E-state index is 0.190. The molecule has 1 fully saturated rings. The Morgan fingerprint density at radius 3 is 2.55 bits per heavy atom. The van der Waals surface area contributed by atoms with Gasteiger partial charge >= 0.3 is 0 Å². The minimum Gasteiger partial charge on any atom is -0.379 e. The molecule has 116 valence electrons. The van der Waals surface area contributed by atoms with Gasteiger partial charge in [0.05, 0.1) is 13.2 Å². The van der Waals surface area contributed by atoms with Gasteiger partial charge in [-0.1, -0.05) is 49.4 Å². The lowest BCUT2D eigenvalue weighted by Crippen LogP contribution is -2.36. The van der Waals surface area contributed by atoms with Gasteiger partial charge in [-0.15, -0.1) is 0 Å². The van der Waals surface area contributed by atoms with Crippen LogP contribution in [0.2, 0.25) is 0 Å². The first-order valence-corrected chi connectivity index (χ1v) is 7.85. The average molecular weight is 299 g/mol. The summed E-state index contributed by atoms with van der Waals surface area (Å²) in [6.45, 7) is 4.55. The van der Waals surface area contributed by atoms with Gasteiger partial charge in [0.2, 0.25) is 0 Å². The van der Waals surface area contributed by atoms with Crippen LogP contribution in [-0.4, -0.2) is 25.8 Å². The van der Waals surface area contributed by atoms with Crippen LogP contribution in [0.5, 0.6) is 0 Å². The summed E-state index contributed by atoms with van der Waals surface area (Å²) in [7, 11) is 0. The van der Waals surface area contributed by atoms with Gasteiger partial charge in [-0.2, -0.15) is 0 Å². The maximum Gasteiger partial charge on any atom is 0.123 e. The normalized spacial score (nSPS) is 22.6. The third-order valence-electron chi connectivity index (χ3n) is 4.43. The van der Waals surface area contributed by atoms with Crippen molar-refractivity contribution in [3.63, 3.8) is 0 Å². The van der Waals surface area contributed by atoms with E-state index in [1.807, 2.05) is 18.2 Å². The van der Waals surface area contributed by atoms with Gasteiger partial charge in [0.15, 0.2) is 0 Å². The number of ether oxygens (including phenoxy) is 1. The van der Waals surface area contributed by atoms with Gasteiger partial charge in [-0.3, -0.25) is 0 Å². The Morgan fingerprint density at radius 1 is 1.09 bits per heavy atom. The first-order valence-electron chi connectivity index (χ1n) is 7.85. The predicted molar refractivity (Wildman–Crippen MR) is 86.6 cm³/mol. The van der Waals surface area contributed by atoms with Crippen LogP contribution in [0, 0.1) is 5.82 Å². The molecule has 1 aliphatic rings. The van der Waals surface area contributed by atoms with Crippen molar-refractivity contribution in [2.75, 3.05) is 19.8 Å². The summed E-state index contributed by atoms with van der Waals surface area (Å²) in [5.41, 5.74) is 2.48. The highest BCUT2D eigenvalue weighted by Gasteiger charge is 2.29. The molecule has 0 spiro atoms. The molecule has 0 aromatic heterocycles. The zero-order valence-electron chi connectivity index (χ0n) is 12.8. The molecule has 3 rings (SSSR count). The molecule has 1 N–H and O–H groups in total. The summed E-state index contributed by atoms with van der Waals surface area (Å²) in [6, 6.07) is 17.6. The first kappa shape index (κ1) is 15.2. The Balaban J connectivity index is 1.61. The van der Waals surface area contributed by atoms with E-state index < -0.39 is 0 Å². The fourth-order valence-corrected chi connectivity index (χ4v) is 3.02. The molecule has 1 unspecified atom stereocenters. The molecule has 0 saturated carbocycles. The summed E-state index contributed by atoms with van der Waals surface area (Å²) >= 11 is 0. The molecule has 2 nitrogen and oxygen atoms in total. The van der Waals surface area contributed by atoms with E-state index in [0.29, 0.717) is 25.0 Å². The Hall–Kier alpha value is -1.71. The topological polar surface area (TPSA) is 21.3 Å². The van der Waals surface area contributed by atoms with E-state index in [2.05, 4.69) is 36.5 Å². The van der Waals surface area contributed by atoms with Crippen molar-refractivity contribution in [2.24, 2.45) is 0 Å². The van der Waals surface area contributed by atoms with Gasteiger partial charge in [-0.25, -0.2) is 4.39 Å². The molecular weight excluding hydrogens is 277 g/mol.